The van der Waals surface area contributed by atoms with Crippen LogP contribution in [0.4, 0.5) is 4.79 Å². The van der Waals surface area contributed by atoms with Crippen molar-refractivity contribution in [2.45, 2.75) is 32.9 Å². The Hall–Kier alpha value is -2.21. The molecule has 0 spiro atoms. The van der Waals surface area contributed by atoms with E-state index in [1.807, 2.05) is 62.5 Å². The van der Waals surface area contributed by atoms with Gasteiger partial charge in [0.25, 0.3) is 11.1 Å². The zero-order valence-electron chi connectivity index (χ0n) is 16.6. The zero-order valence-corrected chi connectivity index (χ0v) is 18.9. The van der Waals surface area contributed by atoms with E-state index in [9.17, 15) is 9.59 Å². The number of rotatable bonds is 5. The van der Waals surface area contributed by atoms with Crippen LogP contribution < -0.4 is 0 Å². The summed E-state index contributed by atoms with van der Waals surface area (Å²) in [5.41, 5.74) is 2.96. The molecule has 0 unspecified atom stereocenters. The molecule has 4 nitrogen and oxygen atoms in total. The van der Waals surface area contributed by atoms with Gasteiger partial charge in [0.05, 0.1) is 15.0 Å². The van der Waals surface area contributed by atoms with Gasteiger partial charge in [-0.1, -0.05) is 54.4 Å². The summed E-state index contributed by atoms with van der Waals surface area (Å²) in [6.07, 6.45) is 4.56. The third-order valence-corrected chi connectivity index (χ3v) is 6.92. The molecule has 30 heavy (non-hydrogen) atoms. The summed E-state index contributed by atoms with van der Waals surface area (Å²) in [6.45, 7) is 4.47. The molecule has 1 fully saturated rings. The molecule has 7 heteroatoms. The van der Waals surface area contributed by atoms with E-state index in [-0.39, 0.29) is 17.2 Å². The second-order valence-electron chi connectivity index (χ2n) is 7.29. The molecule has 0 saturated carbocycles. The van der Waals surface area contributed by atoms with E-state index in [0.29, 0.717) is 21.5 Å². The van der Waals surface area contributed by atoms with E-state index in [4.69, 9.17) is 23.2 Å². The molecular weight excluding hydrogens is 439 g/mol. The third kappa shape index (κ3) is 3.89. The maximum absolute atomic E-state index is 12.8. The zero-order chi connectivity index (χ0) is 21.4. The van der Waals surface area contributed by atoms with Gasteiger partial charge in [-0.3, -0.25) is 14.5 Å². The molecule has 1 aliphatic rings. The maximum atomic E-state index is 12.8. The largest absolute Gasteiger partial charge is 0.342 e. The Morgan fingerprint density at radius 2 is 1.87 bits per heavy atom. The second-order valence-corrected chi connectivity index (χ2v) is 9.09. The van der Waals surface area contributed by atoms with E-state index in [0.717, 1.165) is 40.2 Å². The number of hydrogen-bond donors (Lipinski definition) is 0. The minimum Gasteiger partial charge on any atom is -0.342 e. The highest BCUT2D eigenvalue weighted by atomic mass is 35.5. The second kappa shape index (κ2) is 8.50. The van der Waals surface area contributed by atoms with Crippen molar-refractivity contribution in [3.8, 4) is 0 Å². The lowest BCUT2D eigenvalue weighted by Crippen LogP contribution is -2.36. The summed E-state index contributed by atoms with van der Waals surface area (Å²) in [4.78, 5) is 27.0. The van der Waals surface area contributed by atoms with Crippen LogP contribution in [0.15, 0.2) is 53.6 Å². The Labute approximate surface area is 189 Å². The SMILES string of the molecule is CC[C@H](C)N1C(=O)S/C(=C/c2cn(Cc3ccc(Cl)c(Cl)c3)c3ccccc23)C1=O. The van der Waals surface area contributed by atoms with Crippen molar-refractivity contribution in [3.63, 3.8) is 0 Å². The molecule has 0 aliphatic carbocycles. The maximum Gasteiger partial charge on any atom is 0.293 e. The number of para-hydroxylation sites is 1. The fourth-order valence-electron chi connectivity index (χ4n) is 3.54. The molecule has 154 valence electrons. The quantitative estimate of drug-likeness (QED) is 0.393. The minimum atomic E-state index is -0.222. The van der Waals surface area contributed by atoms with Crippen LogP contribution in [0.1, 0.15) is 31.4 Å². The molecular formula is C23H20Cl2N2O2S. The van der Waals surface area contributed by atoms with E-state index >= 15 is 0 Å². The van der Waals surface area contributed by atoms with Crippen LogP contribution in [0, 0.1) is 0 Å². The van der Waals surface area contributed by atoms with Gasteiger partial charge in [-0.15, -0.1) is 0 Å². The Morgan fingerprint density at radius 3 is 2.60 bits per heavy atom. The van der Waals surface area contributed by atoms with Gasteiger partial charge >= 0.3 is 0 Å². The van der Waals surface area contributed by atoms with E-state index < -0.39 is 0 Å². The number of aromatic nitrogens is 1. The average Bonchev–Trinajstić information content (AvgIpc) is 3.21. The summed E-state index contributed by atoms with van der Waals surface area (Å²) < 4.78 is 2.11. The fourth-order valence-corrected chi connectivity index (χ4v) is 4.78. The first-order chi connectivity index (χ1) is 14.4. The van der Waals surface area contributed by atoms with Crippen LogP contribution >= 0.6 is 35.0 Å². The van der Waals surface area contributed by atoms with Gasteiger partial charge in [0, 0.05) is 35.2 Å². The molecule has 1 saturated heterocycles. The number of imide groups is 1. The Bertz CT molecular complexity index is 1190. The predicted octanol–water partition coefficient (Wildman–Crippen LogP) is 6.83. The minimum absolute atomic E-state index is 0.112. The van der Waals surface area contributed by atoms with Crippen molar-refractivity contribution in [1.82, 2.24) is 9.47 Å². The Balaban J connectivity index is 1.72. The van der Waals surface area contributed by atoms with Crippen molar-refractivity contribution in [1.29, 1.82) is 0 Å². The highest BCUT2D eigenvalue weighted by molar-refractivity contribution is 8.18. The molecule has 1 aromatic heterocycles. The third-order valence-electron chi connectivity index (χ3n) is 5.30. The molecule has 1 aliphatic heterocycles. The molecule has 3 aromatic rings. The van der Waals surface area contributed by atoms with Crippen LogP contribution in [-0.2, 0) is 11.3 Å². The first kappa shape index (κ1) is 21.0. The van der Waals surface area contributed by atoms with Crippen LogP contribution in [0.5, 0.6) is 0 Å². The summed E-state index contributed by atoms with van der Waals surface area (Å²) in [5.74, 6) is -0.222. The van der Waals surface area contributed by atoms with Crippen molar-refractivity contribution in [2.24, 2.45) is 0 Å². The van der Waals surface area contributed by atoms with E-state index in [2.05, 4.69) is 4.57 Å². The first-order valence-corrected chi connectivity index (χ1v) is 11.2. The van der Waals surface area contributed by atoms with Crippen molar-refractivity contribution in [3.05, 3.63) is 74.7 Å². The van der Waals surface area contributed by atoms with Crippen LogP contribution in [0.2, 0.25) is 10.0 Å². The normalized spacial score (nSPS) is 16.8. The first-order valence-electron chi connectivity index (χ1n) is 9.68. The number of thioether (sulfide) groups is 1. The highest BCUT2D eigenvalue weighted by Crippen LogP contribution is 2.36. The van der Waals surface area contributed by atoms with E-state index in [1.54, 1.807) is 6.07 Å². The molecule has 0 radical (unpaired) electrons. The van der Waals surface area contributed by atoms with Crippen LogP contribution in [-0.4, -0.2) is 26.7 Å². The molecule has 2 amide bonds. The van der Waals surface area contributed by atoms with E-state index in [1.165, 1.54) is 4.90 Å². The summed E-state index contributed by atoms with van der Waals surface area (Å²) in [7, 11) is 0. The van der Waals surface area contributed by atoms with Crippen LogP contribution in [0.25, 0.3) is 17.0 Å². The van der Waals surface area contributed by atoms with Crippen molar-refractivity contribution >= 4 is 63.1 Å². The lowest BCUT2D eigenvalue weighted by atomic mass is 10.1. The smallest absolute Gasteiger partial charge is 0.293 e. The number of hydrogen-bond acceptors (Lipinski definition) is 3. The summed E-state index contributed by atoms with van der Waals surface area (Å²) in [6, 6.07) is 13.5. The molecule has 2 heterocycles. The number of fused-ring (bicyclic) bond motifs is 1. The molecule has 2 aromatic carbocycles. The standard InChI is InChI=1S/C23H20Cl2N2O2S/c1-3-14(2)27-22(28)21(30-23(27)29)11-16-13-26(20-7-5-4-6-17(16)20)12-15-8-9-18(24)19(25)10-15/h4-11,13-14H,3,12H2,1-2H3/b21-11+/t14-/m0/s1. The highest BCUT2D eigenvalue weighted by Gasteiger charge is 2.37. The Kier molecular flexibility index (Phi) is 5.96. The molecule has 0 bridgehead atoms. The molecule has 1 atom stereocenters. The average molecular weight is 459 g/mol. The summed E-state index contributed by atoms with van der Waals surface area (Å²) >= 11 is 13.2. The predicted molar refractivity (Wildman–Crippen MR) is 125 cm³/mol. The summed E-state index contributed by atoms with van der Waals surface area (Å²) in [5, 5.41) is 1.85. The van der Waals surface area contributed by atoms with Gasteiger partial charge in [0.2, 0.25) is 0 Å². The number of amides is 2. The number of carbonyl (C=O) groups excluding carboxylic acids is 2. The lowest BCUT2D eigenvalue weighted by molar-refractivity contribution is -0.124. The molecule has 4 rings (SSSR count). The van der Waals surface area contributed by atoms with Gasteiger partial charge in [0.15, 0.2) is 0 Å². The number of carbonyl (C=O) groups is 2. The van der Waals surface area contributed by atoms with Crippen molar-refractivity contribution < 1.29 is 9.59 Å². The number of nitrogens with zero attached hydrogens (tertiary/aromatic N) is 2. The van der Waals surface area contributed by atoms with Gasteiger partial charge in [-0.25, -0.2) is 0 Å². The fraction of sp³-hybridized carbons (Fsp3) is 0.217. The molecule has 0 N–H and O–H groups in total. The van der Waals surface area contributed by atoms with Crippen molar-refractivity contribution in [2.75, 3.05) is 0 Å². The van der Waals surface area contributed by atoms with Gasteiger partial charge in [-0.2, -0.15) is 0 Å². The van der Waals surface area contributed by atoms with Gasteiger partial charge in [0.1, 0.15) is 0 Å². The van der Waals surface area contributed by atoms with Gasteiger partial charge in [-0.05, 0) is 54.9 Å². The Morgan fingerprint density at radius 1 is 1.10 bits per heavy atom. The number of benzene rings is 2. The van der Waals surface area contributed by atoms with Crippen LogP contribution in [0.3, 0.4) is 0 Å². The van der Waals surface area contributed by atoms with Gasteiger partial charge < -0.3 is 4.57 Å². The lowest BCUT2D eigenvalue weighted by Gasteiger charge is -2.19. The monoisotopic (exact) mass is 458 g/mol. The topological polar surface area (TPSA) is 42.3 Å². The number of halogens is 2.